The largest absolute Gasteiger partial charge is 0.326 e. The molecule has 0 aliphatic heterocycles. The molecule has 0 aromatic carbocycles. The molecule has 42 valence electrons. The lowest BCUT2D eigenvalue weighted by atomic mass is 10.4. The minimum Gasteiger partial charge on any atom is -0.326 e. The van der Waals surface area contributed by atoms with E-state index < -0.39 is 0 Å². The van der Waals surface area contributed by atoms with E-state index >= 15 is 0 Å². The number of nitrogens with one attached hydrogen (secondary N) is 2. The molecule has 1 unspecified atom stereocenters. The predicted molar refractivity (Wildman–Crippen MR) is 26.8 cm³/mol. The second kappa shape index (κ2) is 3.55. The van der Waals surface area contributed by atoms with E-state index in [0.29, 0.717) is 6.54 Å². The van der Waals surface area contributed by atoms with Gasteiger partial charge in [0.25, 0.3) is 0 Å². The van der Waals surface area contributed by atoms with Crippen LogP contribution in [0.15, 0.2) is 5.22 Å². The fraction of sp³-hybridized carbons (Fsp3) is 1.00. The number of nitrogens with two attached hydrogens (primary N) is 1. The second-order valence-electron chi connectivity index (χ2n) is 1.45. The first-order valence-corrected chi connectivity index (χ1v) is 2.12. The van der Waals surface area contributed by atoms with Crippen molar-refractivity contribution in [2.75, 3.05) is 6.54 Å². The van der Waals surface area contributed by atoms with Crippen LogP contribution in [0.5, 0.6) is 0 Å². The molecule has 4 N–H and O–H groups in total. The van der Waals surface area contributed by atoms with Crippen LogP contribution >= 0.6 is 0 Å². The summed E-state index contributed by atoms with van der Waals surface area (Å²) < 4.78 is 0. The summed E-state index contributed by atoms with van der Waals surface area (Å²) in [5.41, 5.74) is 13.9. The Morgan fingerprint density at radius 2 is 2.57 bits per heavy atom. The topological polar surface area (TPSA) is 74.3 Å². The van der Waals surface area contributed by atoms with Gasteiger partial charge in [0.2, 0.25) is 0 Å². The quantitative estimate of drug-likeness (QED) is 0.343. The fourth-order valence-electron chi connectivity index (χ4n) is 0.190. The zero-order valence-electron chi connectivity index (χ0n) is 4.31. The highest BCUT2D eigenvalue weighted by Crippen LogP contribution is 1.66. The Bertz CT molecular complexity index is 50.9. The van der Waals surface area contributed by atoms with Gasteiger partial charge in [-0.15, -0.1) is 0 Å². The van der Waals surface area contributed by atoms with Crippen LogP contribution in [0.3, 0.4) is 0 Å². The molecule has 0 aliphatic rings. The van der Waals surface area contributed by atoms with Gasteiger partial charge >= 0.3 is 0 Å². The van der Waals surface area contributed by atoms with Crippen LogP contribution in [0.25, 0.3) is 0 Å². The molecule has 1 atom stereocenters. The van der Waals surface area contributed by atoms with Gasteiger partial charge in [0.15, 0.2) is 0 Å². The third-order valence-electron chi connectivity index (χ3n) is 0.492. The van der Waals surface area contributed by atoms with Gasteiger partial charge in [-0.25, -0.2) is 0 Å². The zero-order valence-corrected chi connectivity index (χ0v) is 4.31. The van der Waals surface area contributed by atoms with Crippen molar-refractivity contribution in [2.24, 2.45) is 11.0 Å². The molecule has 0 amide bonds. The van der Waals surface area contributed by atoms with Crippen molar-refractivity contribution in [2.45, 2.75) is 13.0 Å². The average molecular weight is 102 g/mol. The predicted octanol–water partition coefficient (Wildman–Crippen LogP) is -0.131. The highest BCUT2D eigenvalue weighted by molar-refractivity contribution is 4.51. The van der Waals surface area contributed by atoms with E-state index in [9.17, 15) is 0 Å². The van der Waals surface area contributed by atoms with Crippen LogP contribution in [0, 0.1) is 5.53 Å². The molecule has 0 rings (SSSR count). The standard InChI is InChI=1S/C3H10N4/c1-3(4)2-6-7-5/h3H,2,4H2,1H3,(H2,5,6). The maximum Gasteiger partial charge on any atom is 0.0495 e. The van der Waals surface area contributed by atoms with Crippen molar-refractivity contribution in [1.29, 1.82) is 5.53 Å². The summed E-state index contributed by atoms with van der Waals surface area (Å²) in [7, 11) is 0. The van der Waals surface area contributed by atoms with Gasteiger partial charge in [-0.2, -0.15) is 5.53 Å². The normalized spacial score (nSPS) is 12.9. The zero-order chi connectivity index (χ0) is 5.70. The van der Waals surface area contributed by atoms with Crippen molar-refractivity contribution in [3.63, 3.8) is 0 Å². The first kappa shape index (κ1) is 6.36. The lowest BCUT2D eigenvalue weighted by Gasteiger charge is -1.99. The lowest BCUT2D eigenvalue weighted by molar-refractivity contribution is 0.599. The molecule has 4 heteroatoms. The number of hydrogen-bond acceptors (Lipinski definition) is 3. The summed E-state index contributed by atoms with van der Waals surface area (Å²) >= 11 is 0. The number of nitrogens with zero attached hydrogens (tertiary/aromatic N) is 1. The highest BCUT2D eigenvalue weighted by atomic mass is 15.4. The summed E-state index contributed by atoms with van der Waals surface area (Å²) in [6.45, 7) is 2.42. The maximum absolute atomic E-state index is 6.25. The smallest absolute Gasteiger partial charge is 0.0495 e. The van der Waals surface area contributed by atoms with Crippen molar-refractivity contribution in [3.8, 4) is 0 Å². The van der Waals surface area contributed by atoms with Gasteiger partial charge in [0.1, 0.15) is 0 Å². The molecular weight excluding hydrogens is 92.1 g/mol. The van der Waals surface area contributed by atoms with Gasteiger partial charge in [-0.3, -0.25) is 5.43 Å². The summed E-state index contributed by atoms with van der Waals surface area (Å²) in [5, 5.41) is 2.90. The van der Waals surface area contributed by atoms with Crippen LogP contribution < -0.4 is 11.2 Å². The van der Waals surface area contributed by atoms with Gasteiger partial charge in [0.05, 0.1) is 0 Å². The molecule has 0 aromatic rings. The molecule has 0 aliphatic carbocycles. The number of rotatable bonds is 3. The molecule has 0 saturated carbocycles. The minimum atomic E-state index is 0.0779. The Labute approximate surface area is 42.6 Å². The summed E-state index contributed by atoms with van der Waals surface area (Å²) in [6, 6.07) is 0.0779. The number of hydrogen-bond donors (Lipinski definition) is 3. The third-order valence-corrected chi connectivity index (χ3v) is 0.492. The van der Waals surface area contributed by atoms with Crippen molar-refractivity contribution >= 4 is 0 Å². The van der Waals surface area contributed by atoms with E-state index in [1.807, 2.05) is 6.92 Å². The molecule has 0 fully saturated rings. The molecule has 0 heterocycles. The van der Waals surface area contributed by atoms with Crippen LogP contribution in [-0.2, 0) is 0 Å². The Hall–Kier alpha value is -0.640. The van der Waals surface area contributed by atoms with Gasteiger partial charge in [-0.1, -0.05) is 5.22 Å². The Kier molecular flexibility index (Phi) is 3.22. The Morgan fingerprint density at radius 1 is 2.00 bits per heavy atom. The molecular formula is C3H10N4. The van der Waals surface area contributed by atoms with E-state index in [1.54, 1.807) is 0 Å². The van der Waals surface area contributed by atoms with E-state index in [1.165, 1.54) is 0 Å². The summed E-state index contributed by atoms with van der Waals surface area (Å²) in [5.74, 6) is 0. The van der Waals surface area contributed by atoms with E-state index in [0.717, 1.165) is 0 Å². The Morgan fingerprint density at radius 3 is 2.71 bits per heavy atom. The molecule has 4 nitrogen and oxygen atoms in total. The highest BCUT2D eigenvalue weighted by Gasteiger charge is 1.86. The molecule has 0 radical (unpaired) electrons. The van der Waals surface area contributed by atoms with E-state index in [4.69, 9.17) is 11.3 Å². The SMILES string of the molecule is CC(N)CNN=N. The van der Waals surface area contributed by atoms with E-state index in [-0.39, 0.29) is 6.04 Å². The first-order valence-electron chi connectivity index (χ1n) is 2.12. The molecule has 0 spiro atoms. The van der Waals surface area contributed by atoms with Gasteiger partial charge in [-0.05, 0) is 6.92 Å². The molecule has 0 aromatic heterocycles. The van der Waals surface area contributed by atoms with Crippen molar-refractivity contribution in [1.82, 2.24) is 5.43 Å². The lowest BCUT2D eigenvalue weighted by Crippen LogP contribution is -2.27. The van der Waals surface area contributed by atoms with Crippen LogP contribution in [-0.4, -0.2) is 12.6 Å². The maximum atomic E-state index is 6.25. The van der Waals surface area contributed by atoms with Gasteiger partial charge < -0.3 is 5.73 Å². The van der Waals surface area contributed by atoms with Crippen molar-refractivity contribution in [3.05, 3.63) is 0 Å². The first-order chi connectivity index (χ1) is 3.27. The Balaban J connectivity index is 2.81. The van der Waals surface area contributed by atoms with Crippen LogP contribution in [0.2, 0.25) is 0 Å². The second-order valence-corrected chi connectivity index (χ2v) is 1.45. The van der Waals surface area contributed by atoms with Gasteiger partial charge in [0, 0.05) is 12.6 Å². The van der Waals surface area contributed by atoms with Crippen LogP contribution in [0.4, 0.5) is 0 Å². The van der Waals surface area contributed by atoms with Crippen LogP contribution in [0.1, 0.15) is 6.92 Å². The summed E-state index contributed by atoms with van der Waals surface area (Å²) in [6.07, 6.45) is 0. The minimum absolute atomic E-state index is 0.0779. The molecule has 7 heavy (non-hydrogen) atoms. The van der Waals surface area contributed by atoms with Crippen molar-refractivity contribution < 1.29 is 0 Å². The summed E-state index contributed by atoms with van der Waals surface area (Å²) in [4.78, 5) is 0. The average Bonchev–Trinajstić information content (AvgIpc) is 1.61. The molecule has 0 bridgehead atoms. The monoisotopic (exact) mass is 102 g/mol. The fourth-order valence-corrected chi connectivity index (χ4v) is 0.190. The van der Waals surface area contributed by atoms with E-state index in [2.05, 4.69) is 10.6 Å². The third kappa shape index (κ3) is 5.36. The molecule has 0 saturated heterocycles.